The molecule has 0 amide bonds. The molecule has 0 bridgehead atoms. The maximum atomic E-state index is 5.89. The van der Waals surface area contributed by atoms with E-state index in [0.717, 1.165) is 96.6 Å². The summed E-state index contributed by atoms with van der Waals surface area (Å²) in [6, 6.07) is 91.1. The predicted octanol–water partition coefficient (Wildman–Crippen LogP) is 12.4. The van der Waals surface area contributed by atoms with Gasteiger partial charge in [-0.1, -0.05) is 113 Å². The van der Waals surface area contributed by atoms with E-state index in [-0.39, 0.29) is 85.3 Å². The van der Waals surface area contributed by atoms with Crippen LogP contribution in [-0.2, 0) is 105 Å². The molecule has 0 saturated carbocycles. The van der Waals surface area contributed by atoms with Crippen LogP contribution >= 0.6 is 0 Å². The van der Waals surface area contributed by atoms with Crippen LogP contribution in [0.3, 0.4) is 0 Å². The van der Waals surface area contributed by atoms with Crippen molar-refractivity contribution in [2.45, 2.75) is 52.6 Å². The number of pyridine rings is 8. The van der Waals surface area contributed by atoms with Gasteiger partial charge in [0.1, 0.15) is 5.75 Å². The Hall–Kier alpha value is -12.7. The van der Waals surface area contributed by atoms with Crippen LogP contribution in [-0.4, -0.2) is 122 Å². The molecule has 0 aliphatic heterocycles. The van der Waals surface area contributed by atoms with Gasteiger partial charge in [-0.3, -0.25) is 61.2 Å². The van der Waals surface area contributed by atoms with E-state index in [9.17, 15) is 0 Å². The molecule has 5 aromatic carbocycles. The van der Waals surface area contributed by atoms with Crippen molar-refractivity contribution in [3.05, 3.63) is 369 Å². The third-order valence-corrected chi connectivity index (χ3v) is 14.5. The quantitative estimate of drug-likeness (QED) is 0.0679. The van der Waals surface area contributed by atoms with E-state index in [0.29, 0.717) is 55.6 Å². The molecule has 12 aromatic heterocycles. The molecule has 0 unspecified atom stereocenters. The van der Waals surface area contributed by atoms with Crippen molar-refractivity contribution in [1.29, 1.82) is 0 Å². The van der Waals surface area contributed by atoms with Crippen LogP contribution in [0.1, 0.15) is 66.8 Å². The summed E-state index contributed by atoms with van der Waals surface area (Å²) >= 11 is 0. The van der Waals surface area contributed by atoms with Crippen molar-refractivity contribution in [1.82, 2.24) is 122 Å². The molecule has 0 radical (unpaired) electrons. The zero-order valence-electron chi connectivity index (χ0n) is 62.7. The zero-order valence-corrected chi connectivity index (χ0v) is 72.8. The summed E-state index contributed by atoms with van der Waals surface area (Å²) in [5.41, 5.74) is 10.8. The van der Waals surface area contributed by atoms with Crippen LogP contribution < -0.4 is 39.3 Å². The Morgan fingerprint density at radius 3 is 0.879 bits per heavy atom. The van der Waals surface area contributed by atoms with E-state index >= 15 is 0 Å². The van der Waals surface area contributed by atoms with Crippen LogP contribution in [0.4, 0.5) is 0 Å². The first-order chi connectivity index (χ1) is 55.3. The third-order valence-electron chi connectivity index (χ3n) is 14.5. The molecular formula is C84H72N24O4Os4. The Balaban J connectivity index is 0.000000206. The van der Waals surface area contributed by atoms with Gasteiger partial charge < -0.3 is 59.3 Å². The van der Waals surface area contributed by atoms with Crippen molar-refractivity contribution in [2.24, 2.45) is 0 Å². The minimum absolute atomic E-state index is 0. The molecule has 17 rings (SSSR count). The Kier molecular flexibility index (Phi) is 43.0. The number of ether oxygens (including phenoxy) is 4. The van der Waals surface area contributed by atoms with Gasteiger partial charge in [-0.15, -0.1) is 97.1 Å². The number of aromatic nitrogens is 24. The number of rotatable bonds is 19. The molecule has 116 heavy (non-hydrogen) atoms. The van der Waals surface area contributed by atoms with E-state index in [2.05, 4.69) is 147 Å². The molecule has 0 fully saturated rings. The first-order valence-electron chi connectivity index (χ1n) is 34.9. The Morgan fingerprint density at radius 1 is 0.310 bits per heavy atom. The van der Waals surface area contributed by atoms with E-state index in [1.165, 1.54) is 0 Å². The molecule has 28 nitrogen and oxygen atoms in total. The van der Waals surface area contributed by atoms with Crippen molar-refractivity contribution < 1.29 is 98.1 Å². The topological polar surface area (TPSA) is 351 Å². The van der Waals surface area contributed by atoms with E-state index in [4.69, 9.17) is 18.9 Å². The Labute approximate surface area is 723 Å². The summed E-state index contributed by atoms with van der Waals surface area (Å²) in [4.78, 5) is 33.6. The summed E-state index contributed by atoms with van der Waals surface area (Å²) in [6.07, 6.45) is 16.5. The fourth-order valence-corrected chi connectivity index (χ4v) is 9.62. The van der Waals surface area contributed by atoms with Crippen LogP contribution in [0, 0.1) is 24.3 Å². The largest absolute Gasteiger partial charge is 2.00 e. The number of tetrazole rings is 4. The number of hydrogen-bond acceptors (Lipinski definition) is 24. The molecule has 12 heterocycles. The maximum absolute atomic E-state index is 5.89. The summed E-state index contributed by atoms with van der Waals surface area (Å²) in [5.74, 6) is 6.44. The van der Waals surface area contributed by atoms with Crippen LogP contribution in [0.15, 0.2) is 298 Å². The minimum Gasteiger partial charge on any atom is -0.540 e. The van der Waals surface area contributed by atoms with E-state index < -0.39 is 0 Å². The van der Waals surface area contributed by atoms with Crippen molar-refractivity contribution in [3.63, 3.8) is 0 Å². The molecule has 0 N–H and O–H groups in total. The second kappa shape index (κ2) is 54.1. The fourth-order valence-electron chi connectivity index (χ4n) is 9.62. The second-order valence-electron chi connectivity index (χ2n) is 22.9. The van der Waals surface area contributed by atoms with Gasteiger partial charge in [0.15, 0.2) is 0 Å². The minimum atomic E-state index is 0. The van der Waals surface area contributed by atoms with Crippen molar-refractivity contribution >= 4 is 0 Å². The summed E-state index contributed by atoms with van der Waals surface area (Å²) in [7, 11) is 1.65. The molecule has 0 atom stereocenters. The van der Waals surface area contributed by atoms with Crippen molar-refractivity contribution in [3.8, 4) is 73.8 Å². The Morgan fingerprint density at radius 2 is 0.595 bits per heavy atom. The number of benzene rings is 5. The first kappa shape index (κ1) is 92.2. The van der Waals surface area contributed by atoms with Gasteiger partial charge in [0.05, 0.1) is 19.8 Å². The number of hydrogen-bond donors (Lipinski definition) is 0. The molecule has 0 saturated heterocycles. The van der Waals surface area contributed by atoms with Crippen molar-refractivity contribution in [2.75, 3.05) is 13.7 Å². The molecule has 584 valence electrons. The average molecular weight is 2240 g/mol. The molecule has 0 aliphatic carbocycles. The van der Waals surface area contributed by atoms with Gasteiger partial charge in [0.25, 0.3) is 0 Å². The molecule has 32 heteroatoms. The summed E-state index contributed by atoms with van der Waals surface area (Å²) < 4.78 is 22.4. The molecule has 0 spiro atoms. The predicted molar refractivity (Wildman–Crippen MR) is 415 cm³/mol. The Bertz CT molecular complexity index is 4980. The van der Waals surface area contributed by atoms with Gasteiger partial charge in [0, 0.05) is 144 Å². The monoisotopic (exact) mass is 2250 g/mol. The normalized spacial score (nSPS) is 9.70. The number of methoxy groups -OCH3 is 1. The van der Waals surface area contributed by atoms with Gasteiger partial charge >= 0.3 is 79.2 Å². The number of nitrogens with zero attached hydrogens (tertiary/aromatic N) is 24. The average Bonchev–Trinajstić information content (AvgIpc) is 1.07. The smallest absolute Gasteiger partial charge is 0.540 e. The summed E-state index contributed by atoms with van der Waals surface area (Å²) in [6.45, 7) is 6.64. The zero-order chi connectivity index (χ0) is 77.5. The van der Waals surface area contributed by atoms with Gasteiger partial charge in [-0.05, 0) is 128 Å². The fraction of sp³-hybridized carbons (Fsp3) is 0.119. The second-order valence-corrected chi connectivity index (χ2v) is 22.9. The third kappa shape index (κ3) is 32.8. The van der Waals surface area contributed by atoms with Gasteiger partial charge in [-0.25, -0.2) is 0 Å². The summed E-state index contributed by atoms with van der Waals surface area (Å²) in [5, 5.41) is 56.6. The SMILES string of the molecule is CC(C)Oc1ccc[c-]c1-c1ccccn1.CCOc1ccc[c-]c1-c1ccccn1.COc1ccc[c-]c1-c1ccccn1.[Os+2].[Os+2].[Os+2].[Os+2].[c-]1cccc(Oc2ccccc2)c1-c1ccccn1.c1ccc(Cc2nnn[n-]2)nc1.c1ccc(Cc2nnn[n-]2)nc1.c1ccc(Cc2nnn[n-]2)nc1.c1ccc(Cc2nnn[n-]2)nc1. The van der Waals surface area contributed by atoms with E-state index in [1.54, 1.807) is 56.7 Å². The van der Waals surface area contributed by atoms with Gasteiger partial charge in [-0.2, -0.15) is 20.9 Å². The van der Waals surface area contributed by atoms with Gasteiger partial charge in [0.2, 0.25) is 0 Å². The maximum Gasteiger partial charge on any atom is 2.00 e. The van der Waals surface area contributed by atoms with E-state index in [1.807, 2.05) is 269 Å². The molecule has 17 aromatic rings. The first-order valence-corrected chi connectivity index (χ1v) is 34.9. The number of para-hydroxylation sites is 1. The van der Waals surface area contributed by atoms with Crippen LogP contribution in [0.25, 0.3) is 45.0 Å². The molecule has 0 aliphatic rings. The van der Waals surface area contributed by atoms with Crippen LogP contribution in [0.2, 0.25) is 0 Å². The van der Waals surface area contributed by atoms with Crippen LogP contribution in [0.5, 0.6) is 28.7 Å². The molecular weight excluding hydrogens is 2170 g/mol. The standard InChI is InChI=1S/C17H12NO.C14H14NO.C13H12NO.C12H10NO.4C7H6N5.4Os/c1-2-8-14(9-3-1)19-17-12-5-4-10-15(17)16-11-6-7-13-18-16;1-11(2)16-14-9-4-3-7-12(14)13-8-5-6-10-15-13;1-2-15-13-9-4-3-7-11(13)12-8-5-6-10-14-12;1-14-12-8-3-2-6-10(12)11-7-4-5-9-13-11;4*1-2-4-8-6(3-1)5-7-9-11-12-10-7;;;;/h1-9,11-13H;3-6,8-11H,1-2H3;3-6,8-10H,2H2,1H3;2-5,7-9H,1H3;4*1-4H,5H2;;;;/q8*-1;4*+2.